The van der Waals surface area contributed by atoms with Crippen molar-refractivity contribution in [3.05, 3.63) is 63.7 Å². The van der Waals surface area contributed by atoms with Crippen molar-refractivity contribution < 1.29 is 9.47 Å². The summed E-state index contributed by atoms with van der Waals surface area (Å²) in [5.74, 6) is 3.19. The zero-order valence-electron chi connectivity index (χ0n) is 16.7. The summed E-state index contributed by atoms with van der Waals surface area (Å²) in [6, 6.07) is 13.0. The third kappa shape index (κ3) is 2.11. The minimum absolute atomic E-state index is 0.00287. The van der Waals surface area contributed by atoms with E-state index in [1.165, 1.54) is 16.7 Å². The lowest BCUT2D eigenvalue weighted by atomic mass is 9.34. The molecule has 0 atom stereocenters. The first-order valence-electron chi connectivity index (χ1n) is 9.55. The SMILES string of the molecule is Cc1ccc2c(c1)B1c3cc(C)c(C)cc3Oc3c(C)c(C)c(C#N)c(c31)O2. The molecular weight excluding hydrogens is 345 g/mol. The van der Waals surface area contributed by atoms with Gasteiger partial charge in [-0.05, 0) is 79.9 Å². The van der Waals surface area contributed by atoms with Crippen LogP contribution in [0.1, 0.15) is 33.4 Å². The van der Waals surface area contributed by atoms with Gasteiger partial charge in [0.1, 0.15) is 29.1 Å². The molecule has 3 aromatic carbocycles. The Morgan fingerprint density at radius 2 is 1.46 bits per heavy atom. The Kier molecular flexibility index (Phi) is 3.42. The lowest BCUT2D eigenvalue weighted by Gasteiger charge is -2.35. The van der Waals surface area contributed by atoms with Crippen molar-refractivity contribution in [2.75, 3.05) is 0 Å². The molecule has 2 heterocycles. The zero-order chi connectivity index (χ0) is 19.7. The fourth-order valence-corrected chi connectivity index (χ4v) is 4.41. The molecule has 136 valence electrons. The smallest absolute Gasteiger partial charge is 0.260 e. The molecule has 0 bridgehead atoms. The first-order chi connectivity index (χ1) is 13.4. The van der Waals surface area contributed by atoms with Crippen LogP contribution in [0.2, 0.25) is 0 Å². The Bertz CT molecular complexity index is 1240. The first-order valence-corrected chi connectivity index (χ1v) is 9.55. The highest BCUT2D eigenvalue weighted by atomic mass is 16.5. The third-order valence-electron chi connectivity index (χ3n) is 6.23. The number of aryl methyl sites for hydroxylation is 3. The van der Waals surface area contributed by atoms with E-state index in [0.29, 0.717) is 11.3 Å². The van der Waals surface area contributed by atoms with E-state index < -0.39 is 0 Å². The Morgan fingerprint density at radius 1 is 0.786 bits per heavy atom. The topological polar surface area (TPSA) is 42.2 Å². The van der Waals surface area contributed by atoms with Crippen molar-refractivity contribution in [1.82, 2.24) is 0 Å². The second-order valence-corrected chi connectivity index (χ2v) is 7.96. The summed E-state index contributed by atoms with van der Waals surface area (Å²) in [7, 11) is 0. The van der Waals surface area contributed by atoms with Crippen molar-refractivity contribution in [2.24, 2.45) is 0 Å². The van der Waals surface area contributed by atoms with Gasteiger partial charge in [0, 0.05) is 5.46 Å². The van der Waals surface area contributed by atoms with Gasteiger partial charge in [-0.25, -0.2) is 0 Å². The van der Waals surface area contributed by atoms with Crippen LogP contribution >= 0.6 is 0 Å². The maximum absolute atomic E-state index is 9.86. The van der Waals surface area contributed by atoms with Crippen LogP contribution < -0.4 is 25.9 Å². The number of nitriles is 1. The Labute approximate surface area is 165 Å². The summed E-state index contributed by atoms with van der Waals surface area (Å²) in [4.78, 5) is 0. The van der Waals surface area contributed by atoms with Gasteiger partial charge in [-0.15, -0.1) is 0 Å². The van der Waals surface area contributed by atoms with Crippen LogP contribution in [-0.4, -0.2) is 6.71 Å². The van der Waals surface area contributed by atoms with E-state index in [0.717, 1.165) is 44.8 Å². The first kappa shape index (κ1) is 17.0. The number of ether oxygens (including phenoxy) is 2. The second-order valence-electron chi connectivity index (χ2n) is 7.96. The number of hydrogen-bond acceptors (Lipinski definition) is 3. The van der Waals surface area contributed by atoms with Crippen LogP contribution in [0, 0.1) is 45.9 Å². The van der Waals surface area contributed by atoms with Crippen molar-refractivity contribution in [2.45, 2.75) is 34.6 Å². The molecule has 0 radical (unpaired) electrons. The van der Waals surface area contributed by atoms with Crippen LogP contribution in [0.25, 0.3) is 0 Å². The second kappa shape index (κ2) is 5.66. The molecule has 0 aromatic heterocycles. The molecule has 0 spiro atoms. The van der Waals surface area contributed by atoms with Crippen LogP contribution in [0.5, 0.6) is 23.0 Å². The summed E-state index contributed by atoms with van der Waals surface area (Å²) in [6.45, 7) is 10.3. The molecule has 0 unspecified atom stereocenters. The molecule has 0 N–H and O–H groups in total. The molecule has 0 saturated heterocycles. The van der Waals surface area contributed by atoms with Crippen LogP contribution in [-0.2, 0) is 0 Å². The predicted octanol–water partition coefficient (Wildman–Crippen LogP) is 3.83. The lowest BCUT2D eigenvalue weighted by molar-refractivity contribution is 0.460. The Balaban J connectivity index is 1.93. The van der Waals surface area contributed by atoms with Gasteiger partial charge in [-0.3, -0.25) is 0 Å². The molecular formula is C24H20BNO2. The average Bonchev–Trinajstić information content (AvgIpc) is 2.67. The van der Waals surface area contributed by atoms with Crippen molar-refractivity contribution >= 4 is 23.1 Å². The largest absolute Gasteiger partial charge is 0.458 e. The lowest BCUT2D eigenvalue weighted by Crippen LogP contribution is -2.58. The van der Waals surface area contributed by atoms with E-state index in [9.17, 15) is 5.26 Å². The zero-order valence-corrected chi connectivity index (χ0v) is 16.7. The number of nitrogens with zero attached hydrogens (tertiary/aromatic N) is 1. The monoisotopic (exact) mass is 365 g/mol. The molecule has 2 aliphatic heterocycles. The van der Waals surface area contributed by atoms with Gasteiger partial charge in [-0.1, -0.05) is 23.8 Å². The predicted molar refractivity (Wildman–Crippen MR) is 113 cm³/mol. The van der Waals surface area contributed by atoms with Gasteiger partial charge in [0.15, 0.2) is 0 Å². The molecule has 3 aromatic rings. The van der Waals surface area contributed by atoms with Crippen LogP contribution in [0.15, 0.2) is 30.3 Å². The van der Waals surface area contributed by atoms with Gasteiger partial charge >= 0.3 is 0 Å². The van der Waals surface area contributed by atoms with Gasteiger partial charge in [0.2, 0.25) is 0 Å². The molecule has 0 aliphatic carbocycles. The maximum atomic E-state index is 9.86. The highest BCUT2D eigenvalue weighted by molar-refractivity contribution is 6.98. The van der Waals surface area contributed by atoms with E-state index in [-0.39, 0.29) is 6.71 Å². The maximum Gasteiger partial charge on any atom is 0.260 e. The number of hydrogen-bond donors (Lipinski definition) is 0. The number of fused-ring (bicyclic) bond motifs is 4. The van der Waals surface area contributed by atoms with Gasteiger partial charge in [-0.2, -0.15) is 5.26 Å². The van der Waals surface area contributed by atoms with Crippen molar-refractivity contribution in [3.63, 3.8) is 0 Å². The minimum Gasteiger partial charge on any atom is -0.458 e. The normalized spacial score (nSPS) is 12.9. The van der Waals surface area contributed by atoms with E-state index in [2.05, 4.69) is 51.1 Å². The quantitative estimate of drug-likeness (QED) is 0.392. The van der Waals surface area contributed by atoms with E-state index in [4.69, 9.17) is 9.47 Å². The fourth-order valence-electron chi connectivity index (χ4n) is 4.41. The van der Waals surface area contributed by atoms with E-state index in [1.807, 2.05) is 19.9 Å². The Morgan fingerprint density at radius 3 is 2.21 bits per heavy atom. The standard InChI is InChI=1S/C24H20BNO2/c1-12-6-7-20-18(8-12)25-19-9-13(2)14(3)10-21(19)28-23-16(5)15(4)17(11-26)24(27-20)22(23)25/h6-10H,1-5H3. The van der Waals surface area contributed by atoms with Gasteiger partial charge < -0.3 is 9.47 Å². The van der Waals surface area contributed by atoms with Crippen molar-refractivity contribution in [1.29, 1.82) is 5.26 Å². The summed E-state index contributed by atoms with van der Waals surface area (Å²) in [6.07, 6.45) is 0. The molecule has 5 rings (SSSR count). The molecule has 4 heteroatoms. The summed E-state index contributed by atoms with van der Waals surface area (Å²) in [5, 5.41) is 9.86. The molecule has 3 nitrogen and oxygen atoms in total. The van der Waals surface area contributed by atoms with E-state index >= 15 is 0 Å². The van der Waals surface area contributed by atoms with Gasteiger partial charge in [0.25, 0.3) is 6.71 Å². The molecule has 0 fully saturated rings. The summed E-state index contributed by atoms with van der Waals surface area (Å²) >= 11 is 0. The Hall–Kier alpha value is -3.19. The summed E-state index contributed by atoms with van der Waals surface area (Å²) in [5.41, 5.74) is 9.40. The highest BCUT2D eigenvalue weighted by Gasteiger charge is 2.42. The van der Waals surface area contributed by atoms with Crippen LogP contribution in [0.3, 0.4) is 0 Å². The summed E-state index contributed by atoms with van der Waals surface area (Å²) < 4.78 is 12.7. The van der Waals surface area contributed by atoms with Crippen LogP contribution in [0.4, 0.5) is 0 Å². The number of rotatable bonds is 0. The highest BCUT2D eigenvalue weighted by Crippen LogP contribution is 2.40. The molecule has 28 heavy (non-hydrogen) atoms. The fraction of sp³-hybridized carbons (Fsp3) is 0.208. The average molecular weight is 365 g/mol. The number of benzene rings is 3. The van der Waals surface area contributed by atoms with Gasteiger partial charge in [0.05, 0.1) is 5.56 Å². The molecule has 0 saturated carbocycles. The minimum atomic E-state index is 0.00287. The molecule has 2 aliphatic rings. The van der Waals surface area contributed by atoms with E-state index in [1.54, 1.807) is 0 Å². The third-order valence-corrected chi connectivity index (χ3v) is 6.23. The van der Waals surface area contributed by atoms with Crippen molar-refractivity contribution in [3.8, 4) is 29.1 Å². The molecule has 0 amide bonds.